The molecule has 28 heteroatoms. The van der Waals surface area contributed by atoms with E-state index in [1.165, 1.54) is 9.80 Å². The number of alkyl carbamates (subject to hydrolysis) is 1. The van der Waals surface area contributed by atoms with Crippen LogP contribution in [0.25, 0.3) is 0 Å². The summed E-state index contributed by atoms with van der Waals surface area (Å²) in [5, 5.41) is 15.7. The van der Waals surface area contributed by atoms with Crippen LogP contribution in [0.3, 0.4) is 0 Å². The van der Waals surface area contributed by atoms with Crippen LogP contribution in [0, 0.1) is 34.9 Å². The second kappa shape index (κ2) is 21.3. The van der Waals surface area contributed by atoms with Crippen LogP contribution in [-0.2, 0) is 65.7 Å². The molecule has 0 fully saturated rings. The molecule has 4 heterocycles. The largest absolute Gasteiger partial charge is 0.451 e. The van der Waals surface area contributed by atoms with Gasteiger partial charge in [-0.3, -0.25) is 9.59 Å². The predicted molar refractivity (Wildman–Crippen MR) is 206 cm³/mol. The molecule has 3 amide bonds. The molecule has 2 aromatic heterocycles. The van der Waals surface area contributed by atoms with Gasteiger partial charge in [-0.2, -0.15) is 26.3 Å². The number of ether oxygens (including phenoxy) is 1. The minimum Gasteiger partial charge on any atom is -0.444 e. The van der Waals surface area contributed by atoms with Crippen molar-refractivity contribution >= 4 is 42.7 Å². The smallest absolute Gasteiger partial charge is 0.444 e. The van der Waals surface area contributed by atoms with Crippen molar-refractivity contribution < 1.29 is 71.8 Å². The Morgan fingerprint density at radius 1 is 0.631 bits per heavy atom. The van der Waals surface area contributed by atoms with E-state index in [4.69, 9.17) is 10.5 Å². The van der Waals surface area contributed by atoms with Gasteiger partial charge >= 0.3 is 18.4 Å². The Balaban J connectivity index is 0.000000342. The molecule has 6 rings (SSSR count). The van der Waals surface area contributed by atoms with E-state index in [1.807, 2.05) is 0 Å². The van der Waals surface area contributed by atoms with Crippen LogP contribution < -0.4 is 11.1 Å². The molecule has 14 nitrogen and oxygen atoms in total. The number of nitrogens with zero attached hydrogens (tertiary/aromatic N) is 8. The average Bonchev–Trinajstić information content (AvgIpc) is 3.80. The molecule has 360 valence electrons. The summed E-state index contributed by atoms with van der Waals surface area (Å²) in [6.07, 6.45) is -11.5. The fraction of sp³-hybridized carbons (Fsp3) is 0.486. The molecule has 4 aromatic rings. The normalized spacial score (nSPS) is 14.7. The molecule has 3 N–H and O–H groups in total. The van der Waals surface area contributed by atoms with E-state index < -0.39 is 101 Å². The maximum absolute atomic E-state index is 14.2. The van der Waals surface area contributed by atoms with Gasteiger partial charge in [-0.05, 0) is 56.9 Å². The fourth-order valence-corrected chi connectivity index (χ4v) is 6.56. The van der Waals surface area contributed by atoms with Gasteiger partial charge in [0.2, 0.25) is 23.5 Å². The van der Waals surface area contributed by atoms with Gasteiger partial charge in [0, 0.05) is 63.2 Å². The van der Waals surface area contributed by atoms with E-state index in [0.29, 0.717) is 24.3 Å². The van der Waals surface area contributed by atoms with Crippen LogP contribution in [0.5, 0.6) is 0 Å². The number of carbonyl (C=O) groups excluding carboxylic acids is 3. The second-order valence-electron chi connectivity index (χ2n) is 15.4. The Hall–Kier alpha value is -5.37. The number of carbonyl (C=O) groups is 3. The van der Waals surface area contributed by atoms with Crippen molar-refractivity contribution in [3.8, 4) is 0 Å². The van der Waals surface area contributed by atoms with Gasteiger partial charge in [0.15, 0.2) is 34.9 Å². The zero-order valence-electron chi connectivity index (χ0n) is 34.2. The molecule has 2 aliphatic rings. The third kappa shape index (κ3) is 14.1. The van der Waals surface area contributed by atoms with Crippen LogP contribution in [0.1, 0.15) is 68.0 Å². The van der Waals surface area contributed by atoms with Crippen molar-refractivity contribution in [2.75, 3.05) is 13.1 Å². The average molecular weight is 988 g/mol. The summed E-state index contributed by atoms with van der Waals surface area (Å²) in [7, 11) is 0. The molecule has 65 heavy (non-hydrogen) atoms. The van der Waals surface area contributed by atoms with Crippen LogP contribution in [0.2, 0.25) is 0 Å². The van der Waals surface area contributed by atoms with Gasteiger partial charge in [-0.25, -0.2) is 31.1 Å². The highest BCUT2D eigenvalue weighted by Crippen LogP contribution is 2.31. The van der Waals surface area contributed by atoms with Gasteiger partial charge < -0.3 is 34.7 Å². The molecular formula is C37H40Cl2F12N10O4. The maximum Gasteiger partial charge on any atom is 0.451 e. The molecule has 0 saturated heterocycles. The maximum atomic E-state index is 14.2. The first-order valence-corrected chi connectivity index (χ1v) is 18.8. The minimum absolute atomic E-state index is 0. The quantitative estimate of drug-likeness (QED) is 0.142. The topological polar surface area (TPSA) is 166 Å². The lowest BCUT2D eigenvalue weighted by atomic mass is 10.0. The zero-order chi connectivity index (χ0) is 46.8. The molecule has 0 spiro atoms. The molecular weight excluding hydrogens is 947 g/mol. The van der Waals surface area contributed by atoms with Gasteiger partial charge in [-0.1, -0.05) is 0 Å². The summed E-state index contributed by atoms with van der Waals surface area (Å²) >= 11 is 0. The predicted octanol–water partition coefficient (Wildman–Crippen LogP) is 6.44. The second-order valence-corrected chi connectivity index (χ2v) is 15.4. The molecule has 0 radical (unpaired) electrons. The first-order chi connectivity index (χ1) is 29.2. The molecule has 0 unspecified atom stereocenters. The Bertz CT molecular complexity index is 2340. The Morgan fingerprint density at radius 3 is 1.45 bits per heavy atom. The Kier molecular flexibility index (Phi) is 17.7. The lowest BCUT2D eigenvalue weighted by Gasteiger charge is -2.30. The zero-order valence-corrected chi connectivity index (χ0v) is 35.8. The molecule has 2 aliphatic heterocycles. The third-order valence-corrected chi connectivity index (χ3v) is 9.42. The van der Waals surface area contributed by atoms with Crippen LogP contribution >= 0.6 is 24.8 Å². The van der Waals surface area contributed by atoms with Gasteiger partial charge in [0.1, 0.15) is 17.2 Å². The number of hydrogen-bond acceptors (Lipinski definition) is 9. The lowest BCUT2D eigenvalue weighted by Crippen LogP contribution is -2.45. The van der Waals surface area contributed by atoms with Crippen molar-refractivity contribution in [3.63, 3.8) is 0 Å². The van der Waals surface area contributed by atoms with E-state index in [2.05, 4.69) is 25.7 Å². The molecule has 2 aromatic carbocycles. The Labute approximate surface area is 373 Å². The summed E-state index contributed by atoms with van der Waals surface area (Å²) in [5.74, 6) is -10.7. The fourth-order valence-electron chi connectivity index (χ4n) is 6.56. The van der Waals surface area contributed by atoms with Crippen molar-refractivity contribution in [2.45, 2.75) is 103 Å². The number of alkyl halides is 6. The number of aromatic nitrogens is 6. The standard InChI is InChI=1S/C21H23F6N5O3.C16H15F6N5O.2ClH/c1-20(2,3)35-19(34)28-12(6-11-7-14(23)15(24)9-13(11)22)8-17(33)31-4-5-32-16(10-31)29-30-18(32)21(25,26)27;17-10-6-12(19)11(18)4-8(10)3-9(23)5-14(28)26-1-2-27-13(7-26)24-25-15(27)16(20,21)22;;/h7,9,12H,4-6,8,10H2,1-3H3,(H,28,34);4,6,9H,1-3,5,7,23H2;2*1H/t12-;9-;;/m11../s1. The highest BCUT2D eigenvalue weighted by Gasteiger charge is 2.41. The summed E-state index contributed by atoms with van der Waals surface area (Å²) < 4.78 is 166. The van der Waals surface area contributed by atoms with Crippen LogP contribution in [-0.4, -0.2) is 88.0 Å². The molecule has 0 aliphatic carbocycles. The van der Waals surface area contributed by atoms with E-state index >= 15 is 0 Å². The van der Waals surface area contributed by atoms with Gasteiger partial charge in [0.05, 0.1) is 13.1 Å². The highest BCUT2D eigenvalue weighted by atomic mass is 35.5. The number of hydrogen-bond donors (Lipinski definition) is 2. The number of fused-ring (bicyclic) bond motifs is 2. The highest BCUT2D eigenvalue weighted by molar-refractivity contribution is 5.85. The van der Waals surface area contributed by atoms with E-state index in [9.17, 15) is 67.1 Å². The first-order valence-electron chi connectivity index (χ1n) is 18.8. The van der Waals surface area contributed by atoms with Gasteiger partial charge in [0.25, 0.3) is 0 Å². The number of rotatable bonds is 9. The lowest BCUT2D eigenvalue weighted by molar-refractivity contribution is -0.149. The first kappa shape index (κ1) is 54.0. The number of halogens is 14. The minimum atomic E-state index is -4.70. The van der Waals surface area contributed by atoms with E-state index in [0.717, 1.165) is 9.13 Å². The van der Waals surface area contributed by atoms with Crippen molar-refractivity contribution in [3.05, 3.63) is 93.6 Å². The Morgan fingerprint density at radius 2 is 1.03 bits per heavy atom. The summed E-state index contributed by atoms with van der Waals surface area (Å²) in [4.78, 5) is 40.0. The number of benzene rings is 2. The number of nitrogens with two attached hydrogens (primary N) is 1. The third-order valence-electron chi connectivity index (χ3n) is 9.42. The number of nitrogens with one attached hydrogen (secondary N) is 1. The number of amides is 3. The molecule has 0 bridgehead atoms. The van der Waals surface area contributed by atoms with Gasteiger partial charge in [-0.15, -0.1) is 45.2 Å². The summed E-state index contributed by atoms with van der Waals surface area (Å²) in [6.45, 7) is 3.93. The van der Waals surface area contributed by atoms with Crippen molar-refractivity contribution in [2.24, 2.45) is 5.73 Å². The van der Waals surface area contributed by atoms with Crippen LogP contribution in [0.15, 0.2) is 24.3 Å². The van der Waals surface area contributed by atoms with Crippen molar-refractivity contribution in [1.82, 2.24) is 44.6 Å². The van der Waals surface area contributed by atoms with E-state index in [-0.39, 0.29) is 106 Å². The summed E-state index contributed by atoms with van der Waals surface area (Å²) in [6, 6.07) is 0.0687. The van der Waals surface area contributed by atoms with Crippen molar-refractivity contribution in [1.29, 1.82) is 0 Å². The summed E-state index contributed by atoms with van der Waals surface area (Å²) in [5.41, 5.74) is 4.46. The van der Waals surface area contributed by atoms with Crippen LogP contribution in [0.4, 0.5) is 57.5 Å². The molecule has 2 atom stereocenters. The monoisotopic (exact) mass is 986 g/mol. The van der Waals surface area contributed by atoms with E-state index in [1.54, 1.807) is 20.8 Å². The molecule has 0 saturated carbocycles. The SMILES string of the molecule is CC(C)(C)OC(=O)N[C@@H](CC(=O)N1CCn2c(nnc2C(F)(F)F)C1)Cc1cc(F)c(F)cc1F.Cl.Cl.N[C@@H](CC(=O)N1CCn2c(nnc2C(F)(F)F)C1)Cc1cc(F)c(F)cc1F.